The Hall–Kier alpha value is -2.44. The average molecular weight is 484 g/mol. The molecule has 2 aliphatic rings. The summed E-state index contributed by atoms with van der Waals surface area (Å²) >= 11 is 0. The van der Waals surface area contributed by atoms with Gasteiger partial charge in [0.05, 0.1) is 18.2 Å². The van der Waals surface area contributed by atoms with E-state index < -0.39 is 16.1 Å². The number of likely N-dealkylation sites (N-methyl/N-ethyl adjacent to an activating group) is 1. The van der Waals surface area contributed by atoms with Gasteiger partial charge in [0.2, 0.25) is 10.0 Å². The minimum Gasteiger partial charge on any atom is -0.487 e. The van der Waals surface area contributed by atoms with Crippen molar-refractivity contribution in [1.29, 1.82) is 5.26 Å². The molecule has 34 heavy (non-hydrogen) atoms. The number of fused-ring (bicyclic) bond motifs is 1. The predicted octanol–water partition coefficient (Wildman–Crippen LogP) is 3.34. The van der Waals surface area contributed by atoms with Gasteiger partial charge in [-0.05, 0) is 68.1 Å². The molecule has 8 heteroatoms. The van der Waals surface area contributed by atoms with E-state index >= 15 is 0 Å². The minimum absolute atomic E-state index is 0.0795. The normalized spacial score (nSPS) is 23.3. The van der Waals surface area contributed by atoms with E-state index in [4.69, 9.17) is 4.74 Å². The first-order valence-electron chi connectivity index (χ1n) is 11.9. The summed E-state index contributed by atoms with van der Waals surface area (Å²) in [5.41, 5.74) is 2.14. The molecule has 0 unspecified atom stereocenters. The standard InChI is InChI=1S/C26H33N3O4S/c1-18-14-29(19(2)17-30)34(31,32)26-10-9-23(22-6-4-5-21(11-22)13-27)12-24(26)33-25(18)16-28(3)15-20-7-8-20/h4-6,9-12,18-20,25,30H,7-8,14-17H2,1-3H3/t18-,19+,25-/m0/s1. The number of nitrogens with zero attached hydrogens (tertiary/aromatic N) is 3. The maximum Gasteiger partial charge on any atom is 0.247 e. The lowest BCUT2D eigenvalue weighted by Crippen LogP contribution is -2.49. The first-order chi connectivity index (χ1) is 16.2. The zero-order chi connectivity index (χ0) is 24.5. The lowest BCUT2D eigenvalue weighted by atomic mass is 10.0. The van der Waals surface area contributed by atoms with Gasteiger partial charge >= 0.3 is 0 Å². The van der Waals surface area contributed by atoms with Crippen LogP contribution >= 0.6 is 0 Å². The number of hydrogen-bond donors (Lipinski definition) is 1. The highest BCUT2D eigenvalue weighted by Gasteiger charge is 2.38. The Bertz CT molecular complexity index is 1170. The van der Waals surface area contributed by atoms with Gasteiger partial charge in [-0.15, -0.1) is 0 Å². The molecule has 0 aromatic heterocycles. The molecule has 1 N–H and O–H groups in total. The fraction of sp³-hybridized carbons (Fsp3) is 0.500. The van der Waals surface area contributed by atoms with Crippen molar-refractivity contribution in [3.8, 4) is 22.9 Å². The van der Waals surface area contributed by atoms with Gasteiger partial charge in [0.15, 0.2) is 0 Å². The summed E-state index contributed by atoms with van der Waals surface area (Å²) in [5.74, 6) is 0.974. The van der Waals surface area contributed by atoms with Gasteiger partial charge < -0.3 is 14.7 Å². The SMILES string of the molecule is C[C@H](CO)N1C[C@H](C)[C@H](CN(C)CC2CC2)Oc2cc(-c3cccc(C#N)c3)ccc2S1(=O)=O. The number of rotatable bonds is 7. The second kappa shape index (κ2) is 10.0. The van der Waals surface area contributed by atoms with Gasteiger partial charge in [-0.3, -0.25) is 0 Å². The first-order valence-corrected chi connectivity index (χ1v) is 13.3. The fourth-order valence-corrected chi connectivity index (χ4v) is 6.34. The minimum atomic E-state index is -3.88. The Morgan fingerprint density at radius 3 is 2.62 bits per heavy atom. The molecule has 1 heterocycles. The number of sulfonamides is 1. The average Bonchev–Trinajstić information content (AvgIpc) is 3.64. The van der Waals surface area contributed by atoms with Crippen LogP contribution < -0.4 is 4.74 Å². The van der Waals surface area contributed by atoms with E-state index in [1.807, 2.05) is 19.1 Å². The molecule has 182 valence electrons. The van der Waals surface area contributed by atoms with Crippen molar-refractivity contribution in [3.63, 3.8) is 0 Å². The van der Waals surface area contributed by atoms with Crippen molar-refractivity contribution in [3.05, 3.63) is 48.0 Å². The Morgan fingerprint density at radius 1 is 1.21 bits per heavy atom. The van der Waals surface area contributed by atoms with Gasteiger partial charge in [0, 0.05) is 31.6 Å². The maximum atomic E-state index is 13.6. The maximum absolute atomic E-state index is 13.6. The molecule has 3 atom stereocenters. The molecule has 7 nitrogen and oxygen atoms in total. The highest BCUT2D eigenvalue weighted by Crippen LogP contribution is 2.37. The third kappa shape index (κ3) is 5.28. The van der Waals surface area contributed by atoms with Crippen molar-refractivity contribution >= 4 is 10.0 Å². The molecule has 0 bridgehead atoms. The summed E-state index contributed by atoms with van der Waals surface area (Å²) in [5, 5.41) is 19.1. The molecule has 0 radical (unpaired) electrons. The van der Waals surface area contributed by atoms with Crippen LogP contribution in [0.5, 0.6) is 5.75 Å². The van der Waals surface area contributed by atoms with E-state index in [-0.39, 0.29) is 30.1 Å². The lowest BCUT2D eigenvalue weighted by Gasteiger charge is -2.37. The molecule has 2 aromatic carbocycles. The smallest absolute Gasteiger partial charge is 0.247 e. The van der Waals surface area contributed by atoms with Crippen molar-refractivity contribution in [2.45, 2.75) is 43.7 Å². The van der Waals surface area contributed by atoms with Crippen LogP contribution in [0.2, 0.25) is 0 Å². The Kier molecular flexibility index (Phi) is 7.29. The molecule has 4 rings (SSSR count). The molecule has 0 saturated heterocycles. The molecular weight excluding hydrogens is 450 g/mol. The summed E-state index contributed by atoms with van der Waals surface area (Å²) < 4.78 is 35.1. The second-order valence-electron chi connectivity index (χ2n) is 9.76. The van der Waals surface area contributed by atoms with Crippen molar-refractivity contribution in [2.75, 3.05) is 33.3 Å². The zero-order valence-corrected chi connectivity index (χ0v) is 20.8. The molecule has 1 aliphatic heterocycles. The van der Waals surface area contributed by atoms with E-state index in [0.29, 0.717) is 17.9 Å². The van der Waals surface area contributed by atoms with E-state index in [1.54, 1.807) is 37.3 Å². The number of hydrogen-bond acceptors (Lipinski definition) is 6. The van der Waals surface area contributed by atoms with Gasteiger partial charge in [-0.25, -0.2) is 8.42 Å². The molecule has 0 spiro atoms. The van der Waals surface area contributed by atoms with Crippen LogP contribution in [0.1, 0.15) is 32.3 Å². The van der Waals surface area contributed by atoms with Gasteiger partial charge in [0.25, 0.3) is 0 Å². The number of benzene rings is 2. The fourth-order valence-electron chi connectivity index (χ4n) is 4.51. The van der Waals surface area contributed by atoms with Gasteiger partial charge in [0.1, 0.15) is 16.7 Å². The number of aliphatic hydroxyl groups is 1. The van der Waals surface area contributed by atoms with E-state index in [2.05, 4.69) is 18.0 Å². The van der Waals surface area contributed by atoms with E-state index in [1.165, 1.54) is 17.1 Å². The Morgan fingerprint density at radius 2 is 1.94 bits per heavy atom. The van der Waals surface area contributed by atoms with Crippen molar-refractivity contribution < 1.29 is 18.3 Å². The summed E-state index contributed by atoms with van der Waals surface area (Å²) in [6.07, 6.45) is 2.31. The number of nitriles is 1. The summed E-state index contributed by atoms with van der Waals surface area (Å²) in [4.78, 5) is 2.38. The first kappa shape index (κ1) is 24.7. The lowest BCUT2D eigenvalue weighted by molar-refractivity contribution is 0.0741. The van der Waals surface area contributed by atoms with Crippen molar-refractivity contribution in [1.82, 2.24) is 9.21 Å². The highest BCUT2D eigenvalue weighted by atomic mass is 32.2. The molecule has 2 aromatic rings. The zero-order valence-electron chi connectivity index (χ0n) is 20.0. The van der Waals surface area contributed by atoms with Gasteiger partial charge in [-0.2, -0.15) is 9.57 Å². The van der Waals surface area contributed by atoms with Crippen LogP contribution in [-0.2, 0) is 10.0 Å². The Balaban J connectivity index is 1.76. The van der Waals surface area contributed by atoms with E-state index in [0.717, 1.165) is 23.6 Å². The van der Waals surface area contributed by atoms with Crippen LogP contribution in [0.3, 0.4) is 0 Å². The topological polar surface area (TPSA) is 93.9 Å². The van der Waals surface area contributed by atoms with Crippen LogP contribution in [0.15, 0.2) is 47.4 Å². The molecule has 0 amide bonds. The number of ether oxygens (including phenoxy) is 1. The molecule has 1 saturated carbocycles. The third-order valence-corrected chi connectivity index (χ3v) is 8.77. The molecule has 1 aliphatic carbocycles. The molecule has 1 fully saturated rings. The quantitative estimate of drug-likeness (QED) is 0.649. The van der Waals surface area contributed by atoms with Crippen LogP contribution in [0, 0.1) is 23.2 Å². The predicted molar refractivity (Wildman–Crippen MR) is 131 cm³/mol. The van der Waals surface area contributed by atoms with Crippen LogP contribution in [0.25, 0.3) is 11.1 Å². The third-order valence-electron chi connectivity index (χ3n) is 6.75. The monoisotopic (exact) mass is 483 g/mol. The van der Waals surface area contributed by atoms with E-state index in [9.17, 15) is 18.8 Å². The van der Waals surface area contributed by atoms with Crippen molar-refractivity contribution in [2.24, 2.45) is 11.8 Å². The summed E-state index contributed by atoms with van der Waals surface area (Å²) in [6.45, 7) is 5.45. The summed E-state index contributed by atoms with van der Waals surface area (Å²) in [7, 11) is -1.79. The second-order valence-corrected chi connectivity index (χ2v) is 11.6. The molecular formula is C26H33N3O4S. The largest absolute Gasteiger partial charge is 0.487 e. The van der Waals surface area contributed by atoms with Gasteiger partial charge in [-0.1, -0.05) is 25.1 Å². The van der Waals surface area contributed by atoms with Crippen LogP contribution in [0.4, 0.5) is 0 Å². The number of aliphatic hydroxyl groups excluding tert-OH is 1. The summed E-state index contributed by atoms with van der Waals surface area (Å²) in [6, 6.07) is 13.9. The highest BCUT2D eigenvalue weighted by molar-refractivity contribution is 7.89. The Labute approximate surface area is 202 Å². The van der Waals surface area contributed by atoms with Crippen LogP contribution in [-0.4, -0.2) is 68.2 Å².